The molecule has 0 bridgehead atoms. The minimum absolute atomic E-state index is 0.175. The van der Waals surface area contributed by atoms with Crippen molar-refractivity contribution < 1.29 is 18.3 Å². The lowest BCUT2D eigenvalue weighted by Gasteiger charge is -2.26. The first-order chi connectivity index (χ1) is 8.03. The average molecular weight is 248 g/mol. The van der Waals surface area contributed by atoms with Gasteiger partial charge in [-0.05, 0) is 19.4 Å². The Hall–Kier alpha value is -0.750. The van der Waals surface area contributed by atoms with Crippen molar-refractivity contribution in [1.82, 2.24) is 10.2 Å². The Morgan fingerprint density at radius 2 is 2.35 bits per heavy atom. The van der Waals surface area contributed by atoms with Crippen molar-refractivity contribution in [2.45, 2.75) is 37.3 Å². The highest BCUT2D eigenvalue weighted by atomic mass is 19.3. The zero-order valence-corrected chi connectivity index (χ0v) is 9.92. The molecule has 0 aromatic carbocycles. The van der Waals surface area contributed by atoms with Gasteiger partial charge in [-0.3, -0.25) is 4.79 Å². The number of likely N-dealkylation sites (tertiary alicyclic amines) is 1. The molecule has 0 aromatic rings. The molecule has 2 aliphatic heterocycles. The lowest BCUT2D eigenvalue weighted by molar-refractivity contribution is -0.135. The van der Waals surface area contributed by atoms with Crippen LogP contribution in [0.25, 0.3) is 0 Å². The molecule has 1 amide bonds. The minimum Gasteiger partial charge on any atom is -0.383 e. The van der Waals surface area contributed by atoms with E-state index >= 15 is 0 Å². The van der Waals surface area contributed by atoms with Crippen molar-refractivity contribution in [2.24, 2.45) is 0 Å². The largest absolute Gasteiger partial charge is 0.383 e. The molecule has 0 aliphatic carbocycles. The number of amides is 1. The maximum atomic E-state index is 13.3. The molecule has 6 heteroatoms. The van der Waals surface area contributed by atoms with E-state index in [1.165, 1.54) is 12.0 Å². The number of methoxy groups -OCH3 is 1. The van der Waals surface area contributed by atoms with E-state index in [0.717, 1.165) is 19.4 Å². The number of carbonyl (C=O) groups is 1. The number of alkyl halides is 2. The van der Waals surface area contributed by atoms with Crippen molar-refractivity contribution in [1.29, 1.82) is 0 Å². The molecule has 17 heavy (non-hydrogen) atoms. The molecule has 98 valence electrons. The molecular weight excluding hydrogens is 230 g/mol. The summed E-state index contributed by atoms with van der Waals surface area (Å²) in [6.07, 6.45) is 1.37. The van der Waals surface area contributed by atoms with Crippen LogP contribution in [0.3, 0.4) is 0 Å². The molecule has 0 spiro atoms. The van der Waals surface area contributed by atoms with Gasteiger partial charge in [0.1, 0.15) is 0 Å². The number of hydrogen-bond acceptors (Lipinski definition) is 3. The van der Waals surface area contributed by atoms with Crippen LogP contribution in [0.4, 0.5) is 8.78 Å². The molecule has 1 N–H and O–H groups in total. The summed E-state index contributed by atoms with van der Waals surface area (Å²) < 4.78 is 31.6. The third-order valence-electron chi connectivity index (χ3n) is 3.38. The van der Waals surface area contributed by atoms with Crippen molar-refractivity contribution >= 4 is 5.91 Å². The standard InChI is InChI=1S/C11H18F2N2O2/c1-17-6-8-5-11(12,13)7-15(8)10(16)9-3-2-4-14-9/h8-9,14H,2-7H2,1H3/t8-,9-/m1/s1. The number of carbonyl (C=O) groups excluding carboxylic acids is 1. The first-order valence-corrected chi connectivity index (χ1v) is 5.94. The first kappa shape index (κ1) is 12.7. The first-order valence-electron chi connectivity index (χ1n) is 5.94. The average Bonchev–Trinajstić information content (AvgIpc) is 2.85. The Bertz CT molecular complexity index is 293. The number of ether oxygens (including phenoxy) is 1. The second-order valence-electron chi connectivity index (χ2n) is 4.78. The Morgan fingerprint density at radius 3 is 2.94 bits per heavy atom. The van der Waals surface area contributed by atoms with Crippen molar-refractivity contribution in [3.63, 3.8) is 0 Å². The molecule has 2 saturated heterocycles. The highest BCUT2D eigenvalue weighted by Crippen LogP contribution is 2.33. The second kappa shape index (κ2) is 4.86. The Balaban J connectivity index is 2.03. The van der Waals surface area contributed by atoms with Crippen LogP contribution < -0.4 is 5.32 Å². The van der Waals surface area contributed by atoms with Crippen molar-refractivity contribution in [3.05, 3.63) is 0 Å². The van der Waals surface area contributed by atoms with E-state index in [0.29, 0.717) is 0 Å². The molecule has 0 radical (unpaired) electrons. The van der Waals surface area contributed by atoms with Gasteiger partial charge in [-0.15, -0.1) is 0 Å². The van der Waals surface area contributed by atoms with Gasteiger partial charge in [0.25, 0.3) is 5.92 Å². The minimum atomic E-state index is -2.78. The molecule has 2 atom stereocenters. The van der Waals surface area contributed by atoms with Gasteiger partial charge < -0.3 is 15.0 Å². The van der Waals surface area contributed by atoms with E-state index in [-0.39, 0.29) is 25.0 Å². The molecule has 2 heterocycles. The number of nitrogens with zero attached hydrogens (tertiary/aromatic N) is 1. The topological polar surface area (TPSA) is 41.6 Å². The van der Waals surface area contributed by atoms with E-state index in [9.17, 15) is 13.6 Å². The zero-order valence-electron chi connectivity index (χ0n) is 9.92. The summed E-state index contributed by atoms with van der Waals surface area (Å²) in [5.74, 6) is -2.99. The van der Waals surface area contributed by atoms with Crippen LogP contribution in [0.5, 0.6) is 0 Å². The SMILES string of the molecule is COC[C@H]1CC(F)(F)CN1C(=O)[C@H]1CCCN1. The van der Waals surface area contributed by atoms with E-state index in [4.69, 9.17) is 4.74 Å². The van der Waals surface area contributed by atoms with Crippen LogP contribution in [-0.2, 0) is 9.53 Å². The molecule has 2 aliphatic rings. The predicted octanol–water partition coefficient (Wildman–Crippen LogP) is 0.621. The molecule has 0 aromatic heterocycles. The number of halogens is 2. The summed E-state index contributed by atoms with van der Waals surface area (Å²) in [6, 6.07) is -0.784. The zero-order chi connectivity index (χ0) is 12.5. The normalized spacial score (nSPS) is 32.1. The van der Waals surface area contributed by atoms with Crippen molar-refractivity contribution in [3.8, 4) is 0 Å². The lowest BCUT2D eigenvalue weighted by atomic mass is 10.1. The molecule has 4 nitrogen and oxygen atoms in total. The van der Waals surface area contributed by atoms with Gasteiger partial charge in [0.15, 0.2) is 0 Å². The fourth-order valence-corrected chi connectivity index (χ4v) is 2.59. The van der Waals surface area contributed by atoms with E-state index in [1.54, 1.807) is 0 Å². The summed E-state index contributed by atoms with van der Waals surface area (Å²) in [5.41, 5.74) is 0. The van der Waals surface area contributed by atoms with Crippen LogP contribution in [0.1, 0.15) is 19.3 Å². The Kier molecular flexibility index (Phi) is 3.63. The number of rotatable bonds is 3. The summed E-state index contributed by atoms with van der Waals surface area (Å²) in [4.78, 5) is 13.4. The highest BCUT2D eigenvalue weighted by molar-refractivity contribution is 5.83. The smallest absolute Gasteiger partial charge is 0.267 e. The lowest BCUT2D eigenvalue weighted by Crippen LogP contribution is -2.47. The quantitative estimate of drug-likeness (QED) is 0.796. The van der Waals surface area contributed by atoms with Gasteiger partial charge in [0.2, 0.25) is 5.91 Å². The second-order valence-corrected chi connectivity index (χ2v) is 4.78. The molecule has 0 unspecified atom stereocenters. The van der Waals surface area contributed by atoms with Crippen LogP contribution in [0.2, 0.25) is 0 Å². The summed E-state index contributed by atoms with van der Waals surface area (Å²) in [7, 11) is 1.47. The fourth-order valence-electron chi connectivity index (χ4n) is 2.59. The summed E-state index contributed by atoms with van der Waals surface area (Å²) >= 11 is 0. The maximum Gasteiger partial charge on any atom is 0.267 e. The maximum absolute atomic E-state index is 13.3. The highest BCUT2D eigenvalue weighted by Gasteiger charge is 2.48. The van der Waals surface area contributed by atoms with E-state index in [1.807, 2.05) is 0 Å². The van der Waals surface area contributed by atoms with Crippen LogP contribution in [-0.4, -0.2) is 55.6 Å². The molecular formula is C11H18F2N2O2. The number of hydrogen-bond donors (Lipinski definition) is 1. The monoisotopic (exact) mass is 248 g/mol. The van der Waals surface area contributed by atoms with Crippen LogP contribution >= 0.6 is 0 Å². The molecule has 2 fully saturated rings. The summed E-state index contributed by atoms with van der Waals surface area (Å²) in [5, 5.41) is 3.05. The fraction of sp³-hybridized carbons (Fsp3) is 0.909. The van der Waals surface area contributed by atoms with Gasteiger partial charge in [-0.1, -0.05) is 0 Å². The third kappa shape index (κ3) is 2.74. The van der Waals surface area contributed by atoms with Crippen LogP contribution in [0, 0.1) is 0 Å². The van der Waals surface area contributed by atoms with Crippen molar-refractivity contribution in [2.75, 3.05) is 26.8 Å². The predicted molar refractivity (Wildman–Crippen MR) is 58.0 cm³/mol. The van der Waals surface area contributed by atoms with Gasteiger partial charge in [-0.25, -0.2) is 8.78 Å². The third-order valence-corrected chi connectivity index (χ3v) is 3.38. The van der Waals surface area contributed by atoms with Gasteiger partial charge in [-0.2, -0.15) is 0 Å². The molecule has 0 saturated carbocycles. The summed E-state index contributed by atoms with van der Waals surface area (Å²) in [6.45, 7) is 0.488. The van der Waals surface area contributed by atoms with Gasteiger partial charge in [0, 0.05) is 13.5 Å². The molecule has 2 rings (SSSR count). The van der Waals surface area contributed by atoms with E-state index in [2.05, 4.69) is 5.32 Å². The van der Waals surface area contributed by atoms with Gasteiger partial charge >= 0.3 is 0 Å². The Morgan fingerprint density at radius 1 is 1.59 bits per heavy atom. The Labute approximate surface area is 99.3 Å². The van der Waals surface area contributed by atoms with Gasteiger partial charge in [0.05, 0.1) is 25.2 Å². The van der Waals surface area contributed by atoms with Crippen LogP contribution in [0.15, 0.2) is 0 Å². The van der Waals surface area contributed by atoms with E-state index < -0.39 is 18.5 Å². The number of nitrogens with one attached hydrogen (secondary N) is 1.